The lowest BCUT2D eigenvalue weighted by Crippen LogP contribution is -2.30. The molecule has 2 aromatic heterocycles. The number of anilines is 1. The number of halogens is 2. The molecule has 4 heterocycles. The van der Waals surface area contributed by atoms with Crippen molar-refractivity contribution in [3.05, 3.63) is 42.7 Å². The van der Waals surface area contributed by atoms with E-state index in [-0.39, 0.29) is 11.8 Å². The topological polar surface area (TPSA) is 54.3 Å². The fraction of sp³-hybridized carbons (Fsp3) is 0.476. The van der Waals surface area contributed by atoms with Gasteiger partial charge >= 0.3 is 6.55 Å². The summed E-state index contributed by atoms with van der Waals surface area (Å²) in [5, 5.41) is 4.09. The fourth-order valence-electron chi connectivity index (χ4n) is 4.23. The molecular weight excluding hydrogens is 376 g/mol. The molecule has 29 heavy (non-hydrogen) atoms. The summed E-state index contributed by atoms with van der Waals surface area (Å²) < 4.78 is 26.8. The molecule has 0 saturated carbocycles. The van der Waals surface area contributed by atoms with Crippen molar-refractivity contribution in [3.8, 4) is 11.3 Å². The van der Waals surface area contributed by atoms with E-state index in [4.69, 9.17) is 0 Å². The molecule has 0 bridgehead atoms. The van der Waals surface area contributed by atoms with E-state index in [2.05, 4.69) is 21.6 Å². The van der Waals surface area contributed by atoms with E-state index < -0.39 is 6.55 Å². The molecule has 2 aromatic rings. The van der Waals surface area contributed by atoms with Crippen LogP contribution in [-0.2, 0) is 4.79 Å². The maximum atomic E-state index is 13.1. The van der Waals surface area contributed by atoms with Gasteiger partial charge in [-0.25, -0.2) is 9.67 Å². The third-order valence-corrected chi connectivity index (χ3v) is 5.80. The van der Waals surface area contributed by atoms with E-state index in [0.29, 0.717) is 23.5 Å². The van der Waals surface area contributed by atoms with Gasteiger partial charge in [0.25, 0.3) is 0 Å². The molecular formula is C21H25F2N5O. The highest BCUT2D eigenvalue weighted by molar-refractivity contribution is 5.87. The molecule has 2 aliphatic rings. The Bertz CT molecular complexity index is 891. The number of hydrogen-bond acceptors (Lipinski definition) is 4. The van der Waals surface area contributed by atoms with Crippen LogP contribution in [0.25, 0.3) is 11.3 Å². The molecule has 1 atom stereocenters. The van der Waals surface area contributed by atoms with Crippen LogP contribution in [0.4, 0.5) is 14.6 Å². The first kappa shape index (κ1) is 19.5. The molecule has 0 aromatic carbocycles. The minimum Gasteiger partial charge on any atom is -0.357 e. The Labute approximate surface area is 168 Å². The summed E-state index contributed by atoms with van der Waals surface area (Å²) in [5.41, 5.74) is 2.27. The number of carbonyl (C=O) groups excluding carboxylic acids is 1. The standard InChI is InChI=1S/C21H25F2N5O/c1-2-20(29)27-10-6-15(14-27)17-13-24-19(26-8-4-3-5-9-26)12-16(17)18-7-11-28(25-18)21(22)23/h2,7,11-13,15,21H,1,3-6,8-10,14H2. The summed E-state index contributed by atoms with van der Waals surface area (Å²) in [6.45, 7) is 3.99. The number of nitrogens with zero attached hydrogens (tertiary/aromatic N) is 5. The number of rotatable bonds is 5. The summed E-state index contributed by atoms with van der Waals surface area (Å²) in [5.74, 6) is 0.856. The van der Waals surface area contributed by atoms with E-state index in [9.17, 15) is 13.6 Å². The van der Waals surface area contributed by atoms with Gasteiger partial charge in [-0.1, -0.05) is 6.58 Å². The number of piperidine rings is 1. The van der Waals surface area contributed by atoms with Crippen molar-refractivity contribution in [1.29, 1.82) is 0 Å². The number of amides is 1. The van der Waals surface area contributed by atoms with Crippen molar-refractivity contribution >= 4 is 11.7 Å². The molecule has 0 aliphatic carbocycles. The number of hydrogen-bond donors (Lipinski definition) is 0. The molecule has 0 N–H and O–H groups in total. The largest absolute Gasteiger partial charge is 0.357 e. The van der Waals surface area contributed by atoms with Crippen LogP contribution in [0.2, 0.25) is 0 Å². The normalized spacial score (nSPS) is 19.8. The molecule has 4 rings (SSSR count). The van der Waals surface area contributed by atoms with E-state index in [1.807, 2.05) is 12.3 Å². The van der Waals surface area contributed by atoms with Gasteiger partial charge in [0, 0.05) is 50.1 Å². The summed E-state index contributed by atoms with van der Waals surface area (Å²) in [4.78, 5) is 20.7. The third kappa shape index (κ3) is 4.02. The number of carbonyl (C=O) groups is 1. The van der Waals surface area contributed by atoms with Gasteiger partial charge in [-0.3, -0.25) is 4.79 Å². The van der Waals surface area contributed by atoms with Crippen LogP contribution in [0.1, 0.15) is 43.7 Å². The summed E-state index contributed by atoms with van der Waals surface area (Å²) >= 11 is 0. The average molecular weight is 401 g/mol. The predicted octanol–water partition coefficient (Wildman–Crippen LogP) is 3.83. The number of pyridine rings is 1. The minimum absolute atomic E-state index is 0.0890. The molecule has 2 aliphatic heterocycles. The second-order valence-electron chi connectivity index (χ2n) is 7.61. The average Bonchev–Trinajstić information content (AvgIpc) is 3.43. The summed E-state index contributed by atoms with van der Waals surface area (Å²) in [6, 6.07) is 3.59. The lowest BCUT2D eigenvalue weighted by molar-refractivity contribution is -0.125. The third-order valence-electron chi connectivity index (χ3n) is 5.80. The van der Waals surface area contributed by atoms with Crippen molar-refractivity contribution in [1.82, 2.24) is 19.7 Å². The minimum atomic E-state index is -2.68. The van der Waals surface area contributed by atoms with Gasteiger partial charge in [0.15, 0.2) is 0 Å². The smallest absolute Gasteiger partial charge is 0.333 e. The highest BCUT2D eigenvalue weighted by atomic mass is 19.3. The van der Waals surface area contributed by atoms with Gasteiger partial charge in [0.2, 0.25) is 5.91 Å². The van der Waals surface area contributed by atoms with Gasteiger partial charge < -0.3 is 9.80 Å². The van der Waals surface area contributed by atoms with Crippen molar-refractivity contribution < 1.29 is 13.6 Å². The SMILES string of the molecule is C=CC(=O)N1CCC(c2cnc(N3CCCCC3)cc2-c2ccn(C(F)F)n2)C1. The maximum Gasteiger partial charge on any atom is 0.333 e. The Morgan fingerprint density at radius 3 is 2.72 bits per heavy atom. The van der Waals surface area contributed by atoms with E-state index >= 15 is 0 Å². The van der Waals surface area contributed by atoms with Crippen LogP contribution in [0.15, 0.2) is 37.2 Å². The van der Waals surface area contributed by atoms with Crippen molar-refractivity contribution in [3.63, 3.8) is 0 Å². The second-order valence-corrected chi connectivity index (χ2v) is 7.61. The monoisotopic (exact) mass is 401 g/mol. The van der Waals surface area contributed by atoms with E-state index in [0.717, 1.165) is 49.3 Å². The van der Waals surface area contributed by atoms with Crippen LogP contribution >= 0.6 is 0 Å². The highest BCUT2D eigenvalue weighted by Gasteiger charge is 2.29. The first-order chi connectivity index (χ1) is 14.1. The van der Waals surface area contributed by atoms with Crippen LogP contribution in [0.3, 0.4) is 0 Å². The van der Waals surface area contributed by atoms with E-state index in [1.165, 1.54) is 18.7 Å². The molecule has 1 amide bonds. The number of aromatic nitrogens is 3. The molecule has 2 saturated heterocycles. The van der Waals surface area contributed by atoms with Crippen LogP contribution < -0.4 is 4.90 Å². The predicted molar refractivity (Wildman–Crippen MR) is 107 cm³/mol. The van der Waals surface area contributed by atoms with Gasteiger partial charge in [-0.05, 0) is 49.5 Å². The molecule has 6 nitrogen and oxygen atoms in total. The van der Waals surface area contributed by atoms with Crippen LogP contribution in [-0.4, -0.2) is 51.8 Å². The first-order valence-electron chi connectivity index (χ1n) is 10.1. The summed E-state index contributed by atoms with van der Waals surface area (Å²) in [7, 11) is 0. The Morgan fingerprint density at radius 1 is 1.24 bits per heavy atom. The quantitative estimate of drug-likeness (QED) is 0.715. The fourth-order valence-corrected chi connectivity index (χ4v) is 4.23. The maximum absolute atomic E-state index is 13.1. The Morgan fingerprint density at radius 2 is 2.03 bits per heavy atom. The van der Waals surface area contributed by atoms with Crippen LogP contribution in [0.5, 0.6) is 0 Å². The Kier molecular flexibility index (Phi) is 5.60. The molecule has 0 spiro atoms. The zero-order valence-corrected chi connectivity index (χ0v) is 16.3. The highest BCUT2D eigenvalue weighted by Crippen LogP contribution is 2.36. The zero-order valence-electron chi connectivity index (χ0n) is 16.3. The first-order valence-corrected chi connectivity index (χ1v) is 10.1. The second kappa shape index (κ2) is 8.31. The lowest BCUT2D eigenvalue weighted by Gasteiger charge is -2.28. The molecule has 1 unspecified atom stereocenters. The number of alkyl halides is 2. The van der Waals surface area contributed by atoms with Crippen molar-refractivity contribution in [2.24, 2.45) is 0 Å². The van der Waals surface area contributed by atoms with Gasteiger partial charge in [0.1, 0.15) is 5.82 Å². The van der Waals surface area contributed by atoms with E-state index in [1.54, 1.807) is 11.0 Å². The van der Waals surface area contributed by atoms with Gasteiger partial charge in [-0.15, -0.1) is 0 Å². The molecule has 8 heteroatoms. The van der Waals surface area contributed by atoms with Crippen LogP contribution in [0, 0.1) is 0 Å². The molecule has 0 radical (unpaired) electrons. The van der Waals surface area contributed by atoms with Crippen molar-refractivity contribution in [2.45, 2.75) is 38.2 Å². The lowest BCUT2D eigenvalue weighted by atomic mass is 9.93. The number of likely N-dealkylation sites (tertiary alicyclic amines) is 1. The molecule has 2 fully saturated rings. The summed E-state index contributed by atoms with van der Waals surface area (Å²) in [6.07, 6.45) is 8.73. The van der Waals surface area contributed by atoms with Crippen molar-refractivity contribution in [2.75, 3.05) is 31.1 Å². The Balaban J connectivity index is 1.69. The van der Waals surface area contributed by atoms with Gasteiger partial charge in [-0.2, -0.15) is 13.9 Å². The molecule has 154 valence electrons. The Hall–Kier alpha value is -2.77. The van der Waals surface area contributed by atoms with Gasteiger partial charge in [0.05, 0.1) is 5.69 Å². The zero-order chi connectivity index (χ0) is 20.4.